The van der Waals surface area contributed by atoms with Crippen LogP contribution in [0.4, 0.5) is 0 Å². The van der Waals surface area contributed by atoms with Crippen LogP contribution in [-0.2, 0) is 4.74 Å². The predicted octanol–water partition coefficient (Wildman–Crippen LogP) is 3.23. The van der Waals surface area contributed by atoms with Crippen molar-refractivity contribution in [2.24, 2.45) is 5.92 Å². The third kappa shape index (κ3) is 2.90. The van der Waals surface area contributed by atoms with Crippen molar-refractivity contribution in [1.29, 1.82) is 0 Å². The van der Waals surface area contributed by atoms with Crippen molar-refractivity contribution in [1.82, 2.24) is 0 Å². The van der Waals surface area contributed by atoms with Crippen molar-refractivity contribution >= 4 is 5.78 Å². The number of ether oxygens (including phenoxy) is 1. The van der Waals surface area contributed by atoms with E-state index in [0.717, 1.165) is 11.1 Å². The van der Waals surface area contributed by atoms with Gasteiger partial charge in [-0.25, -0.2) is 0 Å². The fraction of sp³-hybridized carbons (Fsp3) is 0.462. The van der Waals surface area contributed by atoms with Crippen molar-refractivity contribution in [3.05, 3.63) is 35.4 Å². The molecule has 0 aromatic heterocycles. The molecule has 82 valence electrons. The molecule has 0 aliphatic heterocycles. The second kappa shape index (κ2) is 5.08. The van der Waals surface area contributed by atoms with Gasteiger partial charge in [-0.15, -0.1) is 0 Å². The first kappa shape index (κ1) is 11.9. The molecule has 0 unspecified atom stereocenters. The number of hydrogen-bond acceptors (Lipinski definition) is 2. The molecule has 2 nitrogen and oxygen atoms in total. The van der Waals surface area contributed by atoms with Crippen molar-refractivity contribution < 1.29 is 9.53 Å². The van der Waals surface area contributed by atoms with Gasteiger partial charge < -0.3 is 4.74 Å². The number of ketones is 1. The first-order chi connectivity index (χ1) is 7.06. The van der Waals surface area contributed by atoms with Gasteiger partial charge in [0.25, 0.3) is 0 Å². The topological polar surface area (TPSA) is 26.3 Å². The van der Waals surface area contributed by atoms with Gasteiger partial charge in [-0.05, 0) is 18.4 Å². The van der Waals surface area contributed by atoms with Gasteiger partial charge >= 0.3 is 0 Å². The Kier molecular flexibility index (Phi) is 4.04. The Morgan fingerprint density at radius 1 is 1.20 bits per heavy atom. The lowest BCUT2D eigenvalue weighted by Crippen LogP contribution is -2.09. The van der Waals surface area contributed by atoms with E-state index in [-0.39, 0.29) is 11.9 Å². The maximum atomic E-state index is 11.1. The number of carbonyl (C=O) groups excluding carboxylic acids is 1. The minimum Gasteiger partial charge on any atom is -0.376 e. The molecular weight excluding hydrogens is 188 g/mol. The molecule has 2 heteroatoms. The van der Waals surface area contributed by atoms with Crippen molar-refractivity contribution in [3.8, 4) is 0 Å². The molecule has 0 saturated carbocycles. The summed E-state index contributed by atoms with van der Waals surface area (Å²) in [4.78, 5) is 11.1. The highest BCUT2D eigenvalue weighted by molar-refractivity contribution is 5.94. The van der Waals surface area contributed by atoms with Gasteiger partial charge in [0.1, 0.15) is 0 Å². The van der Waals surface area contributed by atoms with Gasteiger partial charge in [0.2, 0.25) is 0 Å². The Balaban J connectivity index is 2.92. The van der Waals surface area contributed by atoms with Crippen molar-refractivity contribution in [2.45, 2.75) is 26.9 Å². The lowest BCUT2D eigenvalue weighted by Gasteiger charge is -2.19. The molecule has 0 heterocycles. The van der Waals surface area contributed by atoms with Crippen molar-refractivity contribution in [3.63, 3.8) is 0 Å². The highest BCUT2D eigenvalue weighted by atomic mass is 16.5. The number of benzene rings is 1. The van der Waals surface area contributed by atoms with Crippen LogP contribution in [0, 0.1) is 5.92 Å². The van der Waals surface area contributed by atoms with Crippen molar-refractivity contribution in [2.75, 3.05) is 7.11 Å². The van der Waals surface area contributed by atoms with E-state index in [1.165, 1.54) is 0 Å². The molecule has 0 fully saturated rings. The fourth-order valence-corrected chi connectivity index (χ4v) is 1.70. The Hall–Kier alpha value is -1.15. The average Bonchev–Trinajstić information content (AvgIpc) is 2.19. The summed E-state index contributed by atoms with van der Waals surface area (Å²) < 4.78 is 5.41. The van der Waals surface area contributed by atoms with E-state index >= 15 is 0 Å². The second-order valence-electron chi connectivity index (χ2n) is 4.08. The molecule has 0 aliphatic carbocycles. The van der Waals surface area contributed by atoms with E-state index in [1.54, 1.807) is 14.0 Å². The van der Waals surface area contributed by atoms with Crippen LogP contribution in [0.15, 0.2) is 24.3 Å². The van der Waals surface area contributed by atoms with Crippen LogP contribution in [0.1, 0.15) is 42.8 Å². The molecule has 15 heavy (non-hydrogen) atoms. The highest BCUT2D eigenvalue weighted by Crippen LogP contribution is 2.25. The molecule has 1 rings (SSSR count). The summed E-state index contributed by atoms with van der Waals surface area (Å²) in [7, 11) is 1.71. The lowest BCUT2D eigenvalue weighted by atomic mass is 9.97. The van der Waals surface area contributed by atoms with Crippen LogP contribution in [0.3, 0.4) is 0 Å². The first-order valence-electron chi connectivity index (χ1n) is 5.20. The Morgan fingerprint density at radius 2 is 1.73 bits per heavy atom. The third-order valence-electron chi connectivity index (χ3n) is 2.51. The molecule has 0 spiro atoms. The maximum absolute atomic E-state index is 11.1. The highest BCUT2D eigenvalue weighted by Gasteiger charge is 2.14. The molecule has 1 atom stereocenters. The Bertz CT molecular complexity index is 325. The Labute approximate surface area is 91.3 Å². The van der Waals surface area contributed by atoms with Crippen LogP contribution in [0.2, 0.25) is 0 Å². The Morgan fingerprint density at radius 3 is 2.07 bits per heavy atom. The van der Waals surface area contributed by atoms with Gasteiger partial charge in [-0.3, -0.25) is 4.79 Å². The summed E-state index contributed by atoms with van der Waals surface area (Å²) in [6, 6.07) is 7.63. The van der Waals surface area contributed by atoms with E-state index in [9.17, 15) is 4.79 Å². The fourth-order valence-electron chi connectivity index (χ4n) is 1.70. The summed E-state index contributed by atoms with van der Waals surface area (Å²) in [6.45, 7) is 5.81. The smallest absolute Gasteiger partial charge is 0.159 e. The monoisotopic (exact) mass is 206 g/mol. The molecule has 0 N–H and O–H groups in total. The zero-order chi connectivity index (χ0) is 11.4. The van der Waals surface area contributed by atoms with E-state index in [0.29, 0.717) is 5.92 Å². The first-order valence-corrected chi connectivity index (χ1v) is 5.20. The molecular formula is C13H18O2. The summed E-state index contributed by atoms with van der Waals surface area (Å²) in [5.74, 6) is 0.526. The minimum absolute atomic E-state index is 0.0973. The van der Waals surface area contributed by atoms with Crippen LogP contribution in [0.25, 0.3) is 0 Å². The number of carbonyl (C=O) groups is 1. The zero-order valence-corrected chi connectivity index (χ0v) is 9.78. The van der Waals surface area contributed by atoms with Gasteiger partial charge in [0, 0.05) is 12.7 Å². The molecule has 0 saturated heterocycles. The zero-order valence-electron chi connectivity index (χ0n) is 9.78. The van der Waals surface area contributed by atoms with Crippen LogP contribution >= 0.6 is 0 Å². The average molecular weight is 206 g/mol. The summed E-state index contributed by atoms with van der Waals surface area (Å²) in [6.07, 6.45) is 0.103. The van der Waals surface area contributed by atoms with Gasteiger partial charge in [-0.1, -0.05) is 38.1 Å². The largest absolute Gasteiger partial charge is 0.376 e. The van der Waals surface area contributed by atoms with Gasteiger partial charge in [0.05, 0.1) is 6.10 Å². The number of rotatable bonds is 4. The van der Waals surface area contributed by atoms with Crippen LogP contribution < -0.4 is 0 Å². The van der Waals surface area contributed by atoms with E-state index < -0.39 is 0 Å². The number of Topliss-reactive ketones (excluding diaryl/α,β-unsaturated/α-hetero) is 1. The third-order valence-corrected chi connectivity index (χ3v) is 2.51. The SMILES string of the molecule is CO[C@H](c1ccc(C(C)=O)cc1)C(C)C. The molecule has 0 aliphatic rings. The summed E-state index contributed by atoms with van der Waals surface area (Å²) in [5, 5.41) is 0. The number of hydrogen-bond donors (Lipinski definition) is 0. The lowest BCUT2D eigenvalue weighted by molar-refractivity contribution is 0.0646. The van der Waals surface area contributed by atoms with Gasteiger partial charge in [0.15, 0.2) is 5.78 Å². The quantitative estimate of drug-likeness (QED) is 0.707. The molecule has 0 radical (unpaired) electrons. The van der Waals surface area contributed by atoms with E-state index in [1.807, 2.05) is 24.3 Å². The van der Waals surface area contributed by atoms with E-state index in [4.69, 9.17) is 4.74 Å². The standard InChI is InChI=1S/C13H18O2/c1-9(2)13(15-4)12-7-5-11(6-8-12)10(3)14/h5-9,13H,1-4H3/t13-/m0/s1. The van der Waals surface area contributed by atoms with Gasteiger partial charge in [-0.2, -0.15) is 0 Å². The van der Waals surface area contributed by atoms with Crippen LogP contribution in [0.5, 0.6) is 0 Å². The molecule has 0 amide bonds. The molecule has 1 aromatic rings. The van der Waals surface area contributed by atoms with Crippen LogP contribution in [-0.4, -0.2) is 12.9 Å². The summed E-state index contributed by atoms with van der Waals surface area (Å²) in [5.41, 5.74) is 1.87. The van der Waals surface area contributed by atoms with E-state index in [2.05, 4.69) is 13.8 Å². The normalized spacial score (nSPS) is 12.9. The maximum Gasteiger partial charge on any atom is 0.159 e. The molecule has 1 aromatic carbocycles. The predicted molar refractivity (Wildman–Crippen MR) is 61.0 cm³/mol. The minimum atomic E-state index is 0.0973. The summed E-state index contributed by atoms with van der Waals surface area (Å²) >= 11 is 0. The number of methoxy groups -OCH3 is 1. The molecule has 0 bridgehead atoms. The second-order valence-corrected chi connectivity index (χ2v) is 4.08.